The maximum atomic E-state index is 12.8. The van der Waals surface area contributed by atoms with Crippen LogP contribution in [0.3, 0.4) is 0 Å². The van der Waals surface area contributed by atoms with Crippen LogP contribution in [0.25, 0.3) is 0 Å². The molecule has 0 saturated heterocycles. The number of rotatable bonds is 6. The van der Waals surface area contributed by atoms with Crippen LogP contribution in [0, 0.1) is 5.82 Å². The summed E-state index contributed by atoms with van der Waals surface area (Å²) < 4.78 is 17.6. The van der Waals surface area contributed by atoms with E-state index in [9.17, 15) is 14.0 Å². The first-order valence-corrected chi connectivity index (χ1v) is 8.26. The van der Waals surface area contributed by atoms with Crippen molar-refractivity contribution in [2.75, 3.05) is 23.0 Å². The summed E-state index contributed by atoms with van der Waals surface area (Å²) in [5, 5.41) is 13.3. The number of ether oxygens (including phenoxy) is 1. The van der Waals surface area contributed by atoms with Crippen molar-refractivity contribution in [3.63, 3.8) is 0 Å². The zero-order valence-corrected chi connectivity index (χ0v) is 15.2. The second-order valence-corrected chi connectivity index (χ2v) is 5.20. The van der Waals surface area contributed by atoms with Gasteiger partial charge in [0.2, 0.25) is 0 Å². The maximum Gasteiger partial charge on any atom is 0.411 e. The molecule has 2 aromatic rings. The largest absolute Gasteiger partial charge is 0.481 e. The molecular formula is C18H23FN4O4. The predicted molar refractivity (Wildman–Crippen MR) is 101 cm³/mol. The molecular weight excluding hydrogens is 355 g/mol. The van der Waals surface area contributed by atoms with Gasteiger partial charge in [0.15, 0.2) is 0 Å². The van der Waals surface area contributed by atoms with Gasteiger partial charge >= 0.3 is 12.1 Å². The van der Waals surface area contributed by atoms with Crippen molar-refractivity contribution in [2.24, 2.45) is 0 Å². The number of carbonyl (C=O) groups excluding carboxylic acids is 1. The van der Waals surface area contributed by atoms with Gasteiger partial charge in [0.1, 0.15) is 17.5 Å². The van der Waals surface area contributed by atoms with Crippen LogP contribution in [0.4, 0.5) is 26.5 Å². The third-order valence-electron chi connectivity index (χ3n) is 3.13. The maximum absolute atomic E-state index is 12.8. The van der Waals surface area contributed by atoms with Crippen LogP contribution in [0.15, 0.2) is 36.4 Å². The van der Waals surface area contributed by atoms with E-state index in [1.165, 1.54) is 12.1 Å². The highest BCUT2D eigenvalue weighted by Crippen LogP contribution is 2.19. The van der Waals surface area contributed by atoms with Gasteiger partial charge in [0, 0.05) is 13.0 Å². The molecule has 0 aliphatic carbocycles. The molecule has 0 radical (unpaired) electrons. The minimum absolute atomic E-state index is 0.178. The average molecular weight is 378 g/mol. The number of nitrogens with two attached hydrogens (primary N) is 1. The molecule has 1 amide bonds. The van der Waals surface area contributed by atoms with E-state index < -0.39 is 12.1 Å². The number of hydrogen-bond donors (Lipinski definition) is 4. The van der Waals surface area contributed by atoms with Crippen LogP contribution in [0.5, 0.6) is 0 Å². The lowest BCUT2D eigenvalue weighted by Gasteiger charge is -2.10. The van der Waals surface area contributed by atoms with Crippen molar-refractivity contribution >= 4 is 29.4 Å². The van der Waals surface area contributed by atoms with Crippen LogP contribution in [-0.4, -0.2) is 28.8 Å². The Morgan fingerprint density at radius 2 is 1.81 bits per heavy atom. The standard InChI is InChI=1S/C15H17FN4O2.C3H6O2/c1-2-22-15(21)19-12-7-8-13(20-14(12)17)18-9-10-3-5-11(16)6-4-10;1-2-3(4)5/h3-8H,2,9H2,1H3,(H,19,21)(H3,17,18,20);2H2,1H3,(H,4,5). The number of pyridine rings is 1. The molecule has 0 spiro atoms. The predicted octanol–water partition coefficient (Wildman–Crippen LogP) is 3.46. The Labute approximate surface area is 156 Å². The summed E-state index contributed by atoms with van der Waals surface area (Å²) in [5.41, 5.74) is 7.08. The lowest BCUT2D eigenvalue weighted by molar-refractivity contribution is -0.136. The number of nitrogens with one attached hydrogen (secondary N) is 2. The monoisotopic (exact) mass is 378 g/mol. The normalized spacial score (nSPS) is 9.59. The molecule has 5 N–H and O–H groups in total. The molecule has 8 nitrogen and oxygen atoms in total. The second kappa shape index (κ2) is 11.3. The highest BCUT2D eigenvalue weighted by atomic mass is 19.1. The fourth-order valence-corrected chi connectivity index (χ4v) is 1.75. The van der Waals surface area contributed by atoms with Gasteiger partial charge in [-0.3, -0.25) is 10.1 Å². The second-order valence-electron chi connectivity index (χ2n) is 5.20. The number of benzene rings is 1. The Morgan fingerprint density at radius 1 is 1.19 bits per heavy atom. The van der Waals surface area contributed by atoms with E-state index >= 15 is 0 Å². The van der Waals surface area contributed by atoms with Crippen molar-refractivity contribution in [3.8, 4) is 0 Å². The number of amides is 1. The third kappa shape index (κ3) is 8.52. The SMILES string of the molecule is CCC(=O)O.CCOC(=O)Nc1ccc(NCc2ccc(F)cc2)nc1N. The summed E-state index contributed by atoms with van der Waals surface area (Å²) in [6.45, 7) is 4.07. The fraction of sp³-hybridized carbons (Fsp3) is 0.278. The molecule has 9 heteroatoms. The van der Waals surface area contributed by atoms with Gasteiger partial charge in [-0.05, 0) is 36.8 Å². The molecule has 0 aliphatic heterocycles. The Kier molecular flexibility index (Phi) is 9.07. The van der Waals surface area contributed by atoms with Crippen molar-refractivity contribution in [2.45, 2.75) is 26.8 Å². The van der Waals surface area contributed by atoms with E-state index in [4.69, 9.17) is 15.6 Å². The van der Waals surface area contributed by atoms with Crippen molar-refractivity contribution in [1.82, 2.24) is 4.98 Å². The van der Waals surface area contributed by atoms with Gasteiger partial charge < -0.3 is 20.9 Å². The van der Waals surface area contributed by atoms with E-state index in [0.29, 0.717) is 18.1 Å². The van der Waals surface area contributed by atoms with Crippen molar-refractivity contribution in [1.29, 1.82) is 0 Å². The lowest BCUT2D eigenvalue weighted by atomic mass is 10.2. The summed E-state index contributed by atoms with van der Waals surface area (Å²) >= 11 is 0. The molecule has 0 saturated carbocycles. The average Bonchev–Trinajstić information content (AvgIpc) is 2.64. The minimum atomic E-state index is -0.745. The summed E-state index contributed by atoms with van der Waals surface area (Å²) in [6.07, 6.45) is -0.358. The summed E-state index contributed by atoms with van der Waals surface area (Å²) in [6, 6.07) is 9.47. The zero-order chi connectivity index (χ0) is 20.2. The Hall–Kier alpha value is -3.36. The molecule has 2 rings (SSSR count). The number of carbonyl (C=O) groups is 2. The smallest absolute Gasteiger partial charge is 0.411 e. The minimum Gasteiger partial charge on any atom is -0.481 e. The van der Waals surface area contributed by atoms with Gasteiger partial charge in [0.25, 0.3) is 0 Å². The molecule has 1 heterocycles. The zero-order valence-electron chi connectivity index (χ0n) is 15.2. The van der Waals surface area contributed by atoms with Gasteiger partial charge in [-0.2, -0.15) is 0 Å². The fourth-order valence-electron chi connectivity index (χ4n) is 1.75. The number of aliphatic carboxylic acids is 1. The van der Waals surface area contributed by atoms with Crippen LogP contribution >= 0.6 is 0 Å². The van der Waals surface area contributed by atoms with Gasteiger partial charge in [-0.15, -0.1) is 0 Å². The van der Waals surface area contributed by atoms with Crippen molar-refractivity contribution < 1.29 is 23.8 Å². The summed E-state index contributed by atoms with van der Waals surface area (Å²) in [5.74, 6) is -0.293. The summed E-state index contributed by atoms with van der Waals surface area (Å²) in [7, 11) is 0. The van der Waals surface area contributed by atoms with E-state index in [2.05, 4.69) is 15.6 Å². The van der Waals surface area contributed by atoms with E-state index in [-0.39, 0.29) is 24.7 Å². The first kappa shape index (κ1) is 21.7. The number of carboxylic acid groups (broad SMARTS) is 1. The number of nitrogens with zero attached hydrogens (tertiary/aromatic N) is 1. The van der Waals surface area contributed by atoms with Gasteiger partial charge in [-0.25, -0.2) is 14.2 Å². The highest BCUT2D eigenvalue weighted by molar-refractivity contribution is 5.88. The Bertz CT molecular complexity index is 754. The Balaban J connectivity index is 0.000000646. The number of carboxylic acids is 1. The molecule has 0 aliphatic rings. The first-order chi connectivity index (χ1) is 12.8. The highest BCUT2D eigenvalue weighted by Gasteiger charge is 2.07. The van der Waals surface area contributed by atoms with Gasteiger partial charge in [0.05, 0.1) is 12.3 Å². The lowest BCUT2D eigenvalue weighted by Crippen LogP contribution is -2.15. The molecule has 1 aromatic carbocycles. The molecule has 0 fully saturated rings. The topological polar surface area (TPSA) is 127 Å². The molecule has 1 aromatic heterocycles. The van der Waals surface area contributed by atoms with Crippen LogP contribution < -0.4 is 16.4 Å². The van der Waals surface area contributed by atoms with Crippen LogP contribution in [0.2, 0.25) is 0 Å². The quantitative estimate of drug-likeness (QED) is 0.606. The number of hydrogen-bond acceptors (Lipinski definition) is 6. The number of anilines is 3. The van der Waals surface area contributed by atoms with Gasteiger partial charge in [-0.1, -0.05) is 19.1 Å². The van der Waals surface area contributed by atoms with E-state index in [0.717, 1.165) is 5.56 Å². The molecule has 0 unspecified atom stereocenters. The Morgan fingerprint density at radius 3 is 2.33 bits per heavy atom. The number of aromatic nitrogens is 1. The number of halogens is 1. The van der Waals surface area contributed by atoms with E-state index in [1.54, 1.807) is 38.1 Å². The van der Waals surface area contributed by atoms with Crippen molar-refractivity contribution in [3.05, 3.63) is 47.8 Å². The first-order valence-electron chi connectivity index (χ1n) is 8.26. The molecule has 146 valence electrons. The summed E-state index contributed by atoms with van der Waals surface area (Å²) in [4.78, 5) is 24.8. The van der Waals surface area contributed by atoms with Crippen LogP contribution in [-0.2, 0) is 16.1 Å². The van der Waals surface area contributed by atoms with E-state index in [1.807, 2.05) is 0 Å². The molecule has 27 heavy (non-hydrogen) atoms. The number of nitrogen functional groups attached to an aromatic ring is 1. The molecule has 0 bridgehead atoms. The molecule has 0 atom stereocenters. The van der Waals surface area contributed by atoms with Crippen LogP contribution in [0.1, 0.15) is 25.8 Å². The third-order valence-corrected chi connectivity index (χ3v) is 3.13.